The van der Waals surface area contributed by atoms with Gasteiger partial charge < -0.3 is 4.90 Å². The van der Waals surface area contributed by atoms with Crippen molar-refractivity contribution in [2.24, 2.45) is 15.9 Å². The van der Waals surface area contributed by atoms with Crippen molar-refractivity contribution in [1.29, 1.82) is 0 Å². The number of hydrogen-bond donors (Lipinski definition) is 0. The van der Waals surface area contributed by atoms with Gasteiger partial charge in [-0.25, -0.2) is 4.99 Å². The Morgan fingerprint density at radius 2 is 1.50 bits per heavy atom. The van der Waals surface area contributed by atoms with E-state index < -0.39 is 0 Å². The second-order valence-electron chi connectivity index (χ2n) is 10.2. The van der Waals surface area contributed by atoms with E-state index in [0.29, 0.717) is 11.8 Å². The quantitative estimate of drug-likeness (QED) is 0.363. The number of fused-ring (bicyclic) bond motifs is 2. The van der Waals surface area contributed by atoms with E-state index >= 15 is 0 Å². The molecule has 3 aromatic carbocycles. The summed E-state index contributed by atoms with van der Waals surface area (Å²) in [6, 6.07) is 32.1. The van der Waals surface area contributed by atoms with Crippen molar-refractivity contribution in [1.82, 2.24) is 4.90 Å². The molecule has 1 fully saturated rings. The zero-order valence-electron chi connectivity index (χ0n) is 20.3. The molecule has 0 aromatic heterocycles. The first-order chi connectivity index (χ1) is 17.8. The predicted octanol–water partition coefficient (Wildman–Crippen LogP) is 7.69. The smallest absolute Gasteiger partial charge is 0.140 e. The van der Waals surface area contributed by atoms with Crippen molar-refractivity contribution < 1.29 is 0 Å². The van der Waals surface area contributed by atoms with Gasteiger partial charge in [-0.05, 0) is 60.8 Å². The second kappa shape index (κ2) is 8.60. The van der Waals surface area contributed by atoms with E-state index in [1.54, 1.807) is 0 Å². The molecular weight excluding hydrogens is 438 g/mol. The standard InChI is InChI=1S/C33H29N3/c1-4-12-24(13-5-1)28-23-31(25-14-6-2-7-15-25)36-32-22-27(34-26-16-8-3-9-17-26)19-20-30(32)35-33(36)21-11-10-18-29(28)33/h1-9,12-17,19-20,22-23,28-29H,10-11,18,21H2. The fraction of sp³-hybridized carbons (Fsp3) is 0.212. The summed E-state index contributed by atoms with van der Waals surface area (Å²) in [5.74, 6) is 0.771. The normalized spacial score (nSPS) is 27.5. The third-order valence-electron chi connectivity index (χ3n) is 8.09. The lowest BCUT2D eigenvalue weighted by Crippen LogP contribution is -2.54. The Morgan fingerprint density at radius 1 is 0.778 bits per heavy atom. The van der Waals surface area contributed by atoms with Gasteiger partial charge in [-0.3, -0.25) is 4.99 Å². The highest BCUT2D eigenvalue weighted by molar-refractivity contribution is 6.23. The Hall–Kier alpha value is -3.98. The maximum absolute atomic E-state index is 5.57. The molecule has 2 aliphatic carbocycles. The summed E-state index contributed by atoms with van der Waals surface area (Å²) in [4.78, 5) is 13.1. The van der Waals surface area contributed by atoms with Crippen LogP contribution < -0.4 is 0 Å². The molecule has 3 atom stereocenters. The largest absolute Gasteiger partial charge is 0.313 e. The van der Waals surface area contributed by atoms with Crippen LogP contribution >= 0.6 is 0 Å². The number of nitrogens with zero attached hydrogens (tertiary/aromatic N) is 3. The van der Waals surface area contributed by atoms with Crippen LogP contribution in [0, 0.1) is 5.92 Å². The van der Waals surface area contributed by atoms with Crippen LogP contribution in [0.15, 0.2) is 131 Å². The van der Waals surface area contributed by atoms with Gasteiger partial charge in [-0.2, -0.15) is 0 Å². The van der Waals surface area contributed by atoms with Crippen molar-refractivity contribution in [2.45, 2.75) is 37.3 Å². The van der Waals surface area contributed by atoms with E-state index in [1.165, 1.54) is 41.8 Å². The van der Waals surface area contributed by atoms with E-state index in [-0.39, 0.29) is 5.66 Å². The van der Waals surface area contributed by atoms with Gasteiger partial charge >= 0.3 is 0 Å². The molecule has 2 aliphatic heterocycles. The molecule has 36 heavy (non-hydrogen) atoms. The van der Waals surface area contributed by atoms with Crippen LogP contribution in [0.4, 0.5) is 5.69 Å². The molecule has 7 rings (SSSR count). The van der Waals surface area contributed by atoms with Crippen LogP contribution in [0.2, 0.25) is 0 Å². The molecule has 1 saturated carbocycles. The Labute approximate surface area is 212 Å². The molecule has 0 saturated heterocycles. The zero-order chi connectivity index (χ0) is 24.0. The van der Waals surface area contributed by atoms with Gasteiger partial charge in [0, 0.05) is 17.5 Å². The average molecular weight is 468 g/mol. The van der Waals surface area contributed by atoms with Crippen LogP contribution in [0.3, 0.4) is 0 Å². The van der Waals surface area contributed by atoms with E-state index in [2.05, 4.69) is 102 Å². The van der Waals surface area contributed by atoms with Gasteiger partial charge in [0.2, 0.25) is 0 Å². The molecule has 1 spiro atoms. The molecule has 3 nitrogen and oxygen atoms in total. The third-order valence-corrected chi connectivity index (χ3v) is 8.09. The van der Waals surface area contributed by atoms with Crippen molar-refractivity contribution in [3.63, 3.8) is 0 Å². The first-order valence-electron chi connectivity index (χ1n) is 13.1. The average Bonchev–Trinajstić information content (AvgIpc) is 3.27. The van der Waals surface area contributed by atoms with Crippen LogP contribution in [0.1, 0.15) is 42.7 Å². The predicted molar refractivity (Wildman–Crippen MR) is 148 cm³/mol. The lowest BCUT2D eigenvalue weighted by molar-refractivity contribution is 0.0687. The molecule has 0 amide bonds. The van der Waals surface area contributed by atoms with Crippen LogP contribution in [0.5, 0.6) is 0 Å². The fourth-order valence-corrected chi connectivity index (χ4v) is 6.56. The minimum atomic E-state index is -0.258. The Bertz CT molecular complexity index is 1430. The summed E-state index contributed by atoms with van der Waals surface area (Å²) in [6.45, 7) is 0. The van der Waals surface area contributed by atoms with Gasteiger partial charge in [0.1, 0.15) is 5.66 Å². The molecule has 0 N–H and O–H groups in total. The Morgan fingerprint density at radius 3 is 2.28 bits per heavy atom. The number of para-hydroxylation sites is 1. The van der Waals surface area contributed by atoms with Gasteiger partial charge in [0.25, 0.3) is 0 Å². The fourth-order valence-electron chi connectivity index (χ4n) is 6.56. The van der Waals surface area contributed by atoms with Gasteiger partial charge in [-0.15, -0.1) is 0 Å². The maximum Gasteiger partial charge on any atom is 0.140 e. The minimum Gasteiger partial charge on any atom is -0.313 e. The number of aliphatic imine (C=N–C) groups is 2. The van der Waals surface area contributed by atoms with Crippen molar-refractivity contribution >= 4 is 22.8 Å². The summed E-state index contributed by atoms with van der Waals surface area (Å²) in [5.41, 5.74) is 7.86. The van der Waals surface area contributed by atoms with Gasteiger partial charge in [0.15, 0.2) is 0 Å². The number of hydrogen-bond acceptors (Lipinski definition) is 3. The van der Waals surface area contributed by atoms with Crippen molar-refractivity contribution in [2.75, 3.05) is 0 Å². The van der Waals surface area contributed by atoms with Crippen LogP contribution in [-0.2, 0) is 0 Å². The molecule has 2 heterocycles. The Balaban J connectivity index is 1.42. The van der Waals surface area contributed by atoms with E-state index in [9.17, 15) is 0 Å². The topological polar surface area (TPSA) is 28.0 Å². The number of benzene rings is 3. The molecule has 0 radical (unpaired) electrons. The summed E-state index contributed by atoms with van der Waals surface area (Å²) in [7, 11) is 0. The van der Waals surface area contributed by atoms with Crippen molar-refractivity contribution in [3.8, 4) is 0 Å². The summed E-state index contributed by atoms with van der Waals surface area (Å²) < 4.78 is 0. The highest BCUT2D eigenvalue weighted by Gasteiger charge is 2.56. The molecular formula is C33H29N3. The zero-order valence-corrected chi connectivity index (χ0v) is 20.3. The molecule has 3 heteroatoms. The number of rotatable bonds is 3. The second-order valence-corrected chi connectivity index (χ2v) is 10.2. The number of allylic oxidation sites excluding steroid dienone is 4. The minimum absolute atomic E-state index is 0.258. The van der Waals surface area contributed by atoms with Gasteiger partial charge in [0.05, 0.1) is 22.8 Å². The van der Waals surface area contributed by atoms with E-state index in [4.69, 9.17) is 9.98 Å². The molecule has 176 valence electrons. The first kappa shape index (κ1) is 21.3. The molecule has 4 aliphatic rings. The molecule has 0 bridgehead atoms. The lowest BCUT2D eigenvalue weighted by Gasteiger charge is -2.53. The van der Waals surface area contributed by atoms with Crippen molar-refractivity contribution in [3.05, 3.63) is 132 Å². The molecule has 3 aromatic rings. The highest BCUT2D eigenvalue weighted by Crippen LogP contribution is 2.57. The van der Waals surface area contributed by atoms with Gasteiger partial charge in [-0.1, -0.05) is 91.4 Å². The molecule has 3 unspecified atom stereocenters. The van der Waals surface area contributed by atoms with E-state index in [1.807, 2.05) is 18.2 Å². The third kappa shape index (κ3) is 3.42. The summed E-state index contributed by atoms with van der Waals surface area (Å²) >= 11 is 0. The SMILES string of the molecule is C1=CC2=NC34CCCCC3C(c3ccccc3)C=C(c3ccccc3)N4C2=CC1=Nc1ccccc1. The van der Waals surface area contributed by atoms with Crippen LogP contribution in [-0.4, -0.2) is 22.0 Å². The maximum atomic E-state index is 5.57. The highest BCUT2D eigenvalue weighted by atomic mass is 15.4. The van der Waals surface area contributed by atoms with E-state index in [0.717, 1.165) is 23.5 Å². The van der Waals surface area contributed by atoms with Crippen LogP contribution in [0.25, 0.3) is 5.70 Å². The lowest BCUT2D eigenvalue weighted by atomic mass is 9.66. The summed E-state index contributed by atoms with van der Waals surface area (Å²) in [6.07, 6.45) is 13.8. The Kier molecular flexibility index (Phi) is 5.09. The first-order valence-corrected chi connectivity index (χ1v) is 13.1. The monoisotopic (exact) mass is 467 g/mol. The summed E-state index contributed by atoms with van der Waals surface area (Å²) in [5, 5.41) is 0.